The number of rotatable bonds is 4. The van der Waals surface area contributed by atoms with Gasteiger partial charge in [0.1, 0.15) is 23.5 Å². The molecule has 0 aliphatic rings. The average Bonchev–Trinajstić information content (AvgIpc) is 2.54. The molecule has 21 heavy (non-hydrogen) atoms. The average molecular weight is 280 g/mol. The van der Waals surface area contributed by atoms with Crippen LogP contribution >= 0.6 is 0 Å². The lowest BCUT2D eigenvalue weighted by Crippen LogP contribution is -1.96. The molecule has 0 saturated heterocycles. The summed E-state index contributed by atoms with van der Waals surface area (Å²) in [6.07, 6.45) is 0. The van der Waals surface area contributed by atoms with Crippen LogP contribution in [0.15, 0.2) is 36.4 Å². The molecule has 2 aromatic carbocycles. The van der Waals surface area contributed by atoms with Crippen LogP contribution in [-0.4, -0.2) is 14.2 Å². The topological polar surface area (TPSA) is 75.3 Å². The molecule has 0 radical (unpaired) electrons. The maximum atomic E-state index is 9.22. The molecule has 5 nitrogen and oxygen atoms in total. The van der Waals surface area contributed by atoms with Gasteiger partial charge in [-0.05, 0) is 24.3 Å². The lowest BCUT2D eigenvalue weighted by Gasteiger charge is -2.14. The highest BCUT2D eigenvalue weighted by atomic mass is 16.5. The molecular formula is C16H12N2O3. The Hall–Kier alpha value is -3.18. The Morgan fingerprint density at radius 3 is 1.90 bits per heavy atom. The van der Waals surface area contributed by atoms with E-state index < -0.39 is 0 Å². The summed E-state index contributed by atoms with van der Waals surface area (Å²) in [5.41, 5.74) is 0.428. The van der Waals surface area contributed by atoms with Crippen LogP contribution in [0.1, 0.15) is 11.1 Å². The van der Waals surface area contributed by atoms with Crippen LogP contribution < -0.4 is 14.2 Å². The van der Waals surface area contributed by atoms with E-state index in [0.29, 0.717) is 17.2 Å². The first kappa shape index (κ1) is 14.2. The van der Waals surface area contributed by atoms with Crippen molar-refractivity contribution in [1.82, 2.24) is 0 Å². The summed E-state index contributed by atoms with van der Waals surface area (Å²) in [6, 6.07) is 14.0. The molecule has 5 heteroatoms. The van der Waals surface area contributed by atoms with Crippen LogP contribution in [0.25, 0.3) is 0 Å². The normalized spacial score (nSPS) is 9.33. The lowest BCUT2D eigenvalue weighted by atomic mass is 10.1. The maximum absolute atomic E-state index is 9.22. The smallest absolute Gasteiger partial charge is 0.211 e. The Morgan fingerprint density at radius 2 is 1.38 bits per heavy atom. The van der Waals surface area contributed by atoms with Crippen molar-refractivity contribution in [1.29, 1.82) is 10.5 Å². The van der Waals surface area contributed by atoms with Gasteiger partial charge in [-0.1, -0.05) is 12.1 Å². The monoisotopic (exact) mass is 280 g/mol. The third-order valence-corrected chi connectivity index (χ3v) is 2.85. The van der Waals surface area contributed by atoms with Crippen molar-refractivity contribution in [3.8, 4) is 35.1 Å². The highest BCUT2D eigenvalue weighted by Gasteiger charge is 2.16. The minimum atomic E-state index is 0.174. The fraction of sp³-hybridized carbons (Fsp3) is 0.125. The minimum absolute atomic E-state index is 0.174. The molecule has 0 aromatic heterocycles. The number of nitrogens with zero attached hydrogens (tertiary/aromatic N) is 2. The quantitative estimate of drug-likeness (QED) is 0.859. The number of methoxy groups -OCH3 is 2. The number of nitriles is 2. The molecule has 0 heterocycles. The number of hydrogen-bond donors (Lipinski definition) is 0. The first-order valence-corrected chi connectivity index (χ1v) is 6.07. The zero-order valence-electron chi connectivity index (χ0n) is 11.6. The second kappa shape index (κ2) is 6.31. The predicted molar refractivity (Wildman–Crippen MR) is 75.5 cm³/mol. The van der Waals surface area contributed by atoms with Gasteiger partial charge < -0.3 is 14.2 Å². The summed E-state index contributed by atoms with van der Waals surface area (Å²) >= 11 is 0. The third kappa shape index (κ3) is 2.72. The summed E-state index contributed by atoms with van der Waals surface area (Å²) in [7, 11) is 3.02. The number of hydrogen-bond acceptors (Lipinski definition) is 5. The van der Waals surface area contributed by atoms with E-state index in [1.807, 2.05) is 12.1 Å². The molecule has 104 valence electrons. The zero-order chi connectivity index (χ0) is 15.2. The van der Waals surface area contributed by atoms with E-state index in [0.717, 1.165) is 0 Å². The first-order valence-electron chi connectivity index (χ1n) is 6.07. The Balaban J connectivity index is 2.54. The fourth-order valence-corrected chi connectivity index (χ4v) is 1.85. The van der Waals surface area contributed by atoms with Gasteiger partial charge in [-0.3, -0.25) is 0 Å². The van der Waals surface area contributed by atoms with Gasteiger partial charge >= 0.3 is 0 Å². The Labute approximate surface area is 122 Å². The van der Waals surface area contributed by atoms with Crippen molar-refractivity contribution in [2.75, 3.05) is 14.2 Å². The first-order chi connectivity index (χ1) is 10.2. The van der Waals surface area contributed by atoms with Gasteiger partial charge in [-0.25, -0.2) is 0 Å². The fourth-order valence-electron chi connectivity index (χ4n) is 1.85. The summed E-state index contributed by atoms with van der Waals surface area (Å²) in [6.45, 7) is 0. The standard InChI is InChI=1S/C16H12N2O3/c1-19-14-7-4-8-15(20-2)16(14)21-13-6-3-5-11(9-17)12(13)10-18/h3-8H,1-2H3. The molecule has 0 aliphatic heterocycles. The van der Waals surface area contributed by atoms with Gasteiger partial charge in [0.25, 0.3) is 0 Å². The van der Waals surface area contributed by atoms with Gasteiger partial charge in [0, 0.05) is 0 Å². The van der Waals surface area contributed by atoms with Crippen molar-refractivity contribution >= 4 is 0 Å². The molecule has 0 atom stereocenters. The summed E-state index contributed by atoms with van der Waals surface area (Å²) in [5.74, 6) is 1.58. The molecule has 0 spiro atoms. The SMILES string of the molecule is COc1cccc(OC)c1Oc1cccc(C#N)c1C#N. The Morgan fingerprint density at radius 1 is 0.810 bits per heavy atom. The van der Waals surface area contributed by atoms with Crippen molar-refractivity contribution < 1.29 is 14.2 Å². The van der Waals surface area contributed by atoms with Crippen LogP contribution in [0.4, 0.5) is 0 Å². The van der Waals surface area contributed by atoms with Gasteiger partial charge in [-0.2, -0.15) is 10.5 Å². The number of ether oxygens (including phenoxy) is 3. The Kier molecular flexibility index (Phi) is 4.28. The van der Waals surface area contributed by atoms with E-state index in [1.165, 1.54) is 14.2 Å². The van der Waals surface area contributed by atoms with E-state index >= 15 is 0 Å². The summed E-state index contributed by atoms with van der Waals surface area (Å²) < 4.78 is 16.2. The second-order valence-electron chi connectivity index (χ2n) is 4.00. The predicted octanol–water partition coefficient (Wildman–Crippen LogP) is 3.24. The van der Waals surface area contributed by atoms with Crippen molar-refractivity contribution in [3.63, 3.8) is 0 Å². The van der Waals surface area contributed by atoms with E-state index in [-0.39, 0.29) is 16.9 Å². The molecule has 0 aliphatic carbocycles. The van der Waals surface area contributed by atoms with E-state index in [2.05, 4.69) is 0 Å². The van der Waals surface area contributed by atoms with Gasteiger partial charge in [0.15, 0.2) is 11.5 Å². The zero-order valence-corrected chi connectivity index (χ0v) is 11.6. The molecule has 0 unspecified atom stereocenters. The van der Waals surface area contributed by atoms with Crippen molar-refractivity contribution in [3.05, 3.63) is 47.5 Å². The van der Waals surface area contributed by atoms with Crippen molar-refractivity contribution in [2.24, 2.45) is 0 Å². The summed E-state index contributed by atoms with van der Waals surface area (Å²) in [5, 5.41) is 18.3. The molecule has 0 saturated carbocycles. The third-order valence-electron chi connectivity index (χ3n) is 2.85. The van der Waals surface area contributed by atoms with Crippen LogP contribution in [0.5, 0.6) is 23.0 Å². The van der Waals surface area contributed by atoms with E-state index in [1.54, 1.807) is 36.4 Å². The highest BCUT2D eigenvalue weighted by Crippen LogP contribution is 2.40. The summed E-state index contributed by atoms with van der Waals surface area (Å²) in [4.78, 5) is 0. The van der Waals surface area contributed by atoms with Gasteiger partial charge in [-0.15, -0.1) is 0 Å². The largest absolute Gasteiger partial charge is 0.493 e. The minimum Gasteiger partial charge on any atom is -0.493 e. The second-order valence-corrected chi connectivity index (χ2v) is 4.00. The van der Waals surface area contributed by atoms with E-state index in [4.69, 9.17) is 19.5 Å². The molecule has 0 bridgehead atoms. The number of benzene rings is 2. The molecular weight excluding hydrogens is 268 g/mol. The van der Waals surface area contributed by atoms with Gasteiger partial charge in [0.05, 0.1) is 19.8 Å². The maximum Gasteiger partial charge on any atom is 0.211 e. The highest BCUT2D eigenvalue weighted by molar-refractivity contribution is 5.58. The lowest BCUT2D eigenvalue weighted by molar-refractivity contribution is 0.346. The molecule has 0 N–H and O–H groups in total. The van der Waals surface area contributed by atoms with Crippen LogP contribution in [0.3, 0.4) is 0 Å². The van der Waals surface area contributed by atoms with Crippen LogP contribution in [-0.2, 0) is 0 Å². The molecule has 0 fully saturated rings. The van der Waals surface area contributed by atoms with E-state index in [9.17, 15) is 5.26 Å². The molecule has 2 rings (SSSR count). The molecule has 0 amide bonds. The van der Waals surface area contributed by atoms with Gasteiger partial charge in [0.2, 0.25) is 5.75 Å². The van der Waals surface area contributed by atoms with Crippen LogP contribution in [0.2, 0.25) is 0 Å². The van der Waals surface area contributed by atoms with Crippen molar-refractivity contribution in [2.45, 2.75) is 0 Å². The van der Waals surface area contributed by atoms with Crippen LogP contribution in [0, 0.1) is 22.7 Å². The molecule has 2 aromatic rings. The number of para-hydroxylation sites is 1. The Bertz CT molecular complexity index is 720.